The Bertz CT molecular complexity index is 1300. The molecule has 16 nitrogen and oxygen atoms in total. The minimum Gasteiger partial charge on any atom is -0.466 e. The second kappa shape index (κ2) is 18.1. The van der Waals surface area contributed by atoms with Gasteiger partial charge in [-0.15, -0.1) is 0 Å². The lowest BCUT2D eigenvalue weighted by Crippen LogP contribution is -2.49. The molecular formula is C31H51N9O7. The number of hydrogen-bond acceptors (Lipinski definition) is 15. The maximum absolute atomic E-state index is 13.0. The third kappa shape index (κ3) is 9.49. The van der Waals surface area contributed by atoms with Crippen LogP contribution < -0.4 is 19.6 Å². The lowest BCUT2D eigenvalue weighted by molar-refractivity contribution is -0.142. The fourth-order valence-electron chi connectivity index (χ4n) is 5.62. The minimum absolute atomic E-state index is 0.00696. The van der Waals surface area contributed by atoms with Crippen molar-refractivity contribution in [3.8, 4) is 0 Å². The number of rotatable bonds is 18. The van der Waals surface area contributed by atoms with Crippen LogP contribution in [-0.2, 0) is 33.3 Å². The highest BCUT2D eigenvalue weighted by atomic mass is 16.5. The minimum atomic E-state index is -0.297. The van der Waals surface area contributed by atoms with Crippen molar-refractivity contribution < 1.29 is 33.3 Å². The summed E-state index contributed by atoms with van der Waals surface area (Å²) in [7, 11) is 8.50. The molecule has 262 valence electrons. The van der Waals surface area contributed by atoms with Crippen molar-refractivity contribution >= 4 is 46.4 Å². The van der Waals surface area contributed by atoms with Gasteiger partial charge in [0, 0.05) is 87.8 Å². The van der Waals surface area contributed by atoms with Crippen molar-refractivity contribution in [3.63, 3.8) is 0 Å². The van der Waals surface area contributed by atoms with Crippen molar-refractivity contribution in [2.45, 2.75) is 32.3 Å². The van der Waals surface area contributed by atoms with Crippen LogP contribution in [0.15, 0.2) is 0 Å². The maximum Gasteiger partial charge on any atom is 0.307 e. The van der Waals surface area contributed by atoms with Crippen molar-refractivity contribution in [1.29, 1.82) is 0 Å². The van der Waals surface area contributed by atoms with Gasteiger partial charge in [-0.2, -0.15) is 9.97 Å². The number of aromatic nitrogens is 4. The normalized spacial score (nSPS) is 15.9. The summed E-state index contributed by atoms with van der Waals surface area (Å²) in [5, 5.41) is 0. The van der Waals surface area contributed by atoms with Gasteiger partial charge in [-0.05, 0) is 19.8 Å². The van der Waals surface area contributed by atoms with Crippen LogP contribution in [0.2, 0.25) is 0 Å². The molecular weight excluding hydrogens is 610 g/mol. The Kier molecular flexibility index (Phi) is 13.9. The number of esters is 1. The van der Waals surface area contributed by atoms with Crippen molar-refractivity contribution in [1.82, 2.24) is 24.8 Å². The number of piperidine rings is 1. The topological polar surface area (TPSA) is 148 Å². The molecule has 16 heteroatoms. The molecule has 0 saturated carbocycles. The summed E-state index contributed by atoms with van der Waals surface area (Å²) in [6.07, 6.45) is 1.99. The predicted octanol–water partition coefficient (Wildman–Crippen LogP) is 0.819. The van der Waals surface area contributed by atoms with E-state index in [0.29, 0.717) is 113 Å². The summed E-state index contributed by atoms with van der Waals surface area (Å²) >= 11 is 0. The molecule has 47 heavy (non-hydrogen) atoms. The molecule has 0 atom stereocenters. The zero-order chi connectivity index (χ0) is 33.8. The Morgan fingerprint density at radius 3 is 1.79 bits per heavy atom. The van der Waals surface area contributed by atoms with E-state index in [2.05, 4.69) is 4.90 Å². The summed E-state index contributed by atoms with van der Waals surface area (Å²) in [5.74, 6) is 1.83. The van der Waals surface area contributed by atoms with Crippen LogP contribution in [0.4, 0.5) is 23.5 Å². The molecule has 0 aliphatic carbocycles. The van der Waals surface area contributed by atoms with E-state index in [1.54, 1.807) is 47.3 Å². The molecule has 0 radical (unpaired) electrons. The van der Waals surface area contributed by atoms with Gasteiger partial charge < -0.3 is 48.2 Å². The zero-order valence-electron chi connectivity index (χ0n) is 28.8. The molecule has 0 spiro atoms. The summed E-state index contributed by atoms with van der Waals surface area (Å²) in [6.45, 7) is 8.01. The first-order valence-electron chi connectivity index (χ1n) is 16.3. The first kappa shape index (κ1) is 36.2. The highest BCUT2D eigenvalue weighted by Gasteiger charge is 2.30. The largest absolute Gasteiger partial charge is 0.466 e. The lowest BCUT2D eigenvalue weighted by Gasteiger charge is -2.35. The second-order valence-corrected chi connectivity index (χ2v) is 11.6. The quantitative estimate of drug-likeness (QED) is 0.208. The van der Waals surface area contributed by atoms with Gasteiger partial charge in [-0.1, -0.05) is 0 Å². The second-order valence-electron chi connectivity index (χ2n) is 11.6. The fourth-order valence-corrected chi connectivity index (χ4v) is 5.62. The summed E-state index contributed by atoms with van der Waals surface area (Å²) in [5.41, 5.74) is 1.13. The highest BCUT2D eigenvalue weighted by molar-refractivity contribution is 5.96. The number of amides is 1. The Morgan fingerprint density at radius 1 is 0.766 bits per heavy atom. The molecule has 0 unspecified atom stereocenters. The average molecular weight is 662 g/mol. The molecule has 2 saturated heterocycles. The van der Waals surface area contributed by atoms with Crippen LogP contribution in [0, 0.1) is 0 Å². The number of ether oxygens (including phenoxy) is 5. The molecule has 2 aromatic heterocycles. The number of piperazine rings is 1. The number of fused-ring (bicyclic) bond motifs is 1. The third-order valence-electron chi connectivity index (χ3n) is 8.47. The van der Waals surface area contributed by atoms with E-state index in [-0.39, 0.29) is 30.9 Å². The molecule has 2 aliphatic heterocycles. The van der Waals surface area contributed by atoms with Crippen molar-refractivity contribution in [2.24, 2.45) is 0 Å². The van der Waals surface area contributed by atoms with Gasteiger partial charge in [-0.3, -0.25) is 9.59 Å². The Balaban J connectivity index is 1.92. The molecule has 0 N–H and O–H groups in total. The predicted molar refractivity (Wildman–Crippen MR) is 179 cm³/mol. The van der Waals surface area contributed by atoms with E-state index < -0.39 is 0 Å². The number of methoxy groups -OCH3 is 4. The van der Waals surface area contributed by atoms with Crippen LogP contribution in [-0.4, -0.2) is 164 Å². The molecule has 4 heterocycles. The van der Waals surface area contributed by atoms with Crippen LogP contribution in [0.1, 0.15) is 26.2 Å². The van der Waals surface area contributed by atoms with Crippen molar-refractivity contribution in [2.75, 3.05) is 140 Å². The average Bonchev–Trinajstić information content (AvgIpc) is 3.09. The summed E-state index contributed by atoms with van der Waals surface area (Å²) < 4.78 is 27.1. The first-order chi connectivity index (χ1) is 22.8. The maximum atomic E-state index is 13.0. The van der Waals surface area contributed by atoms with E-state index in [0.717, 1.165) is 12.8 Å². The van der Waals surface area contributed by atoms with Crippen LogP contribution in [0.5, 0.6) is 0 Å². The van der Waals surface area contributed by atoms with Gasteiger partial charge in [0.05, 0.1) is 45.5 Å². The van der Waals surface area contributed by atoms with E-state index in [1.807, 2.05) is 14.7 Å². The van der Waals surface area contributed by atoms with Gasteiger partial charge in [0.2, 0.25) is 17.8 Å². The van der Waals surface area contributed by atoms with Gasteiger partial charge >= 0.3 is 5.97 Å². The van der Waals surface area contributed by atoms with E-state index in [1.165, 1.54) is 0 Å². The lowest BCUT2D eigenvalue weighted by atomic mass is 10.1. The van der Waals surface area contributed by atoms with Gasteiger partial charge in [0.25, 0.3) is 0 Å². The van der Waals surface area contributed by atoms with E-state index >= 15 is 0 Å². The monoisotopic (exact) mass is 661 g/mol. The van der Waals surface area contributed by atoms with Gasteiger partial charge in [0.15, 0.2) is 11.6 Å². The molecule has 2 aliphatic rings. The van der Waals surface area contributed by atoms with Crippen LogP contribution >= 0.6 is 0 Å². The Morgan fingerprint density at radius 2 is 1.30 bits per heavy atom. The van der Waals surface area contributed by atoms with Gasteiger partial charge in [-0.25, -0.2) is 9.97 Å². The molecule has 0 aromatic carbocycles. The fraction of sp³-hybridized carbons (Fsp3) is 0.742. The van der Waals surface area contributed by atoms with Crippen LogP contribution in [0.25, 0.3) is 11.0 Å². The highest BCUT2D eigenvalue weighted by Crippen LogP contribution is 2.34. The summed E-state index contributed by atoms with van der Waals surface area (Å²) in [4.78, 5) is 55.6. The smallest absolute Gasteiger partial charge is 0.307 e. The number of carbonyl (C=O) groups is 2. The van der Waals surface area contributed by atoms with Gasteiger partial charge in [0.1, 0.15) is 11.0 Å². The number of likely N-dealkylation sites (N-methyl/N-ethyl adjacent to an activating group) is 1. The molecule has 4 rings (SSSR count). The zero-order valence-corrected chi connectivity index (χ0v) is 28.8. The Hall–Kier alpha value is -3.60. The molecule has 2 aromatic rings. The Labute approximate surface area is 277 Å². The first-order valence-corrected chi connectivity index (χ1v) is 16.3. The van der Waals surface area contributed by atoms with E-state index in [9.17, 15) is 9.59 Å². The number of hydrogen-bond donors (Lipinski definition) is 0. The SMILES string of the molecule is CCOC(=O)CCN(CCOC)c1nc(N2CCC(OC)CC2)c2nc(N(CCOC)CCOC)nc(N3CCN(C)C(=O)C3)c2n1. The van der Waals surface area contributed by atoms with Crippen LogP contribution in [0.3, 0.4) is 0 Å². The molecule has 0 bridgehead atoms. The van der Waals surface area contributed by atoms with Crippen molar-refractivity contribution in [3.05, 3.63) is 0 Å². The standard InChI is InChI=1S/C31H51N9O7/c1-7-47-25(42)10-13-38(16-19-43-3)30-33-27-26(28(34-30)37-11-8-23(46-6)9-12-37)32-31(39(17-20-44-4)18-21-45-5)35-29(27)40-15-14-36(2)24(41)22-40/h23H,7-22H2,1-6H3. The number of anilines is 4. The third-order valence-corrected chi connectivity index (χ3v) is 8.47. The van der Waals surface area contributed by atoms with E-state index in [4.69, 9.17) is 43.6 Å². The summed E-state index contributed by atoms with van der Waals surface area (Å²) in [6, 6.07) is 0. The number of nitrogens with zero attached hydrogens (tertiary/aromatic N) is 9. The molecule has 1 amide bonds. The number of carbonyl (C=O) groups excluding carboxylic acids is 2. The molecule has 2 fully saturated rings.